The van der Waals surface area contributed by atoms with E-state index in [2.05, 4.69) is 5.32 Å². The van der Waals surface area contributed by atoms with Crippen molar-refractivity contribution in [3.05, 3.63) is 67.6 Å². The van der Waals surface area contributed by atoms with E-state index in [4.69, 9.17) is 66.3 Å². The molecule has 3 amide bonds. The first kappa shape index (κ1) is 36.8. The summed E-state index contributed by atoms with van der Waals surface area (Å²) in [6.07, 6.45) is 1.79. The first-order chi connectivity index (χ1) is 21.2. The van der Waals surface area contributed by atoms with Crippen molar-refractivity contribution in [3.8, 4) is 0 Å². The zero-order valence-corrected chi connectivity index (χ0v) is 28.6. The summed E-state index contributed by atoms with van der Waals surface area (Å²) in [7, 11) is 0. The van der Waals surface area contributed by atoms with Crippen LogP contribution in [0.25, 0.3) is 0 Å². The van der Waals surface area contributed by atoms with Crippen LogP contribution in [0.15, 0.2) is 36.4 Å². The minimum absolute atomic E-state index is 0.0133. The maximum absolute atomic E-state index is 12.2. The van der Waals surface area contributed by atoms with Crippen LogP contribution >= 0.6 is 46.4 Å². The molecule has 0 atom stereocenters. The lowest BCUT2D eigenvalue weighted by atomic mass is 10.1. The maximum atomic E-state index is 12.2. The standard InChI is InChI=1S/C18H24Cl2N2O4.C13H16Cl2N2O2/c1-18(2,3)26-16(23)21-15-4-6-22(7-5-15)17(24)25-11-12-8-13(19)10-14(20)9-12;14-10-5-9(6-11(15)7-10)8-19-13(18)17-3-1-12(16)2-4-17/h8-10,15H,4-7,11H2,1-3H3,(H,21,23);5-7,12H,1-4,8,16H2. The van der Waals surface area contributed by atoms with Gasteiger partial charge < -0.3 is 35.1 Å². The highest BCUT2D eigenvalue weighted by atomic mass is 35.5. The smallest absolute Gasteiger partial charge is 0.410 e. The largest absolute Gasteiger partial charge is 0.445 e. The average Bonchev–Trinajstić information content (AvgIpc) is 2.94. The number of rotatable bonds is 5. The van der Waals surface area contributed by atoms with E-state index >= 15 is 0 Å². The molecule has 4 rings (SSSR count). The number of amides is 3. The number of alkyl carbamates (subject to hydrolysis) is 1. The lowest BCUT2D eigenvalue weighted by Crippen LogP contribution is -2.47. The molecule has 2 aliphatic rings. The van der Waals surface area contributed by atoms with Crippen molar-refractivity contribution in [2.24, 2.45) is 5.73 Å². The van der Waals surface area contributed by atoms with E-state index in [9.17, 15) is 14.4 Å². The molecule has 0 saturated carbocycles. The van der Waals surface area contributed by atoms with E-state index in [1.54, 1.807) is 46.2 Å². The number of nitrogens with zero attached hydrogens (tertiary/aromatic N) is 2. The average molecular weight is 706 g/mol. The van der Waals surface area contributed by atoms with E-state index in [-0.39, 0.29) is 31.4 Å². The molecule has 45 heavy (non-hydrogen) atoms. The molecule has 2 aromatic rings. The Labute approximate surface area is 284 Å². The predicted octanol–water partition coefficient (Wildman–Crippen LogP) is 7.67. The summed E-state index contributed by atoms with van der Waals surface area (Å²) in [5.74, 6) is 0. The van der Waals surface area contributed by atoms with E-state index in [0.29, 0.717) is 59.1 Å². The van der Waals surface area contributed by atoms with Gasteiger partial charge in [0.25, 0.3) is 0 Å². The minimum Gasteiger partial charge on any atom is -0.445 e. The second-order valence-corrected chi connectivity index (χ2v) is 13.6. The highest BCUT2D eigenvalue weighted by Crippen LogP contribution is 2.22. The van der Waals surface area contributed by atoms with Gasteiger partial charge in [-0.05, 0) is 94.0 Å². The third-order valence-corrected chi connectivity index (χ3v) is 7.71. The van der Waals surface area contributed by atoms with Crippen molar-refractivity contribution in [2.45, 2.75) is 77.4 Å². The van der Waals surface area contributed by atoms with Gasteiger partial charge in [-0.2, -0.15) is 0 Å². The number of likely N-dealkylation sites (tertiary alicyclic amines) is 2. The minimum atomic E-state index is -0.530. The molecule has 2 aromatic carbocycles. The summed E-state index contributed by atoms with van der Waals surface area (Å²) >= 11 is 23.6. The number of nitrogens with two attached hydrogens (primary N) is 1. The van der Waals surface area contributed by atoms with Crippen LogP contribution in [0.1, 0.15) is 57.6 Å². The van der Waals surface area contributed by atoms with E-state index in [1.165, 1.54) is 0 Å². The lowest BCUT2D eigenvalue weighted by molar-refractivity contribution is 0.0471. The molecule has 0 aliphatic carbocycles. The zero-order valence-electron chi connectivity index (χ0n) is 25.6. The Bertz CT molecular complexity index is 1270. The van der Waals surface area contributed by atoms with Crippen molar-refractivity contribution in [3.63, 3.8) is 0 Å². The van der Waals surface area contributed by atoms with Gasteiger partial charge in [0.2, 0.25) is 0 Å². The number of benzene rings is 2. The molecule has 2 heterocycles. The topological polar surface area (TPSA) is 123 Å². The molecule has 0 spiro atoms. The van der Waals surface area contributed by atoms with Crippen molar-refractivity contribution in [2.75, 3.05) is 26.2 Å². The number of carbonyl (C=O) groups is 3. The Morgan fingerprint density at radius 2 is 1.11 bits per heavy atom. The van der Waals surface area contributed by atoms with Crippen LogP contribution in [0, 0.1) is 0 Å². The Kier molecular flexibility index (Phi) is 14.2. The molecule has 0 radical (unpaired) electrons. The molecular weight excluding hydrogens is 666 g/mol. The van der Waals surface area contributed by atoms with Crippen LogP contribution in [0.2, 0.25) is 20.1 Å². The van der Waals surface area contributed by atoms with Crippen LogP contribution in [0.3, 0.4) is 0 Å². The van der Waals surface area contributed by atoms with E-state index in [1.807, 2.05) is 20.8 Å². The molecule has 0 aromatic heterocycles. The van der Waals surface area contributed by atoms with Crippen molar-refractivity contribution in [1.82, 2.24) is 15.1 Å². The van der Waals surface area contributed by atoms with Crippen LogP contribution in [-0.2, 0) is 27.4 Å². The number of hydrogen-bond acceptors (Lipinski definition) is 7. The fraction of sp³-hybridized carbons (Fsp3) is 0.516. The molecule has 2 aliphatic heterocycles. The van der Waals surface area contributed by atoms with Crippen molar-refractivity contribution in [1.29, 1.82) is 0 Å². The van der Waals surface area contributed by atoms with Gasteiger partial charge in [0.05, 0.1) is 0 Å². The van der Waals surface area contributed by atoms with Gasteiger partial charge in [-0.3, -0.25) is 0 Å². The van der Waals surface area contributed by atoms with Crippen LogP contribution in [-0.4, -0.2) is 71.9 Å². The van der Waals surface area contributed by atoms with Gasteiger partial charge in [0, 0.05) is 58.4 Å². The molecule has 0 bridgehead atoms. The normalized spacial score (nSPS) is 15.9. The Hall–Kier alpha value is -2.63. The quantitative estimate of drug-likeness (QED) is 0.306. The summed E-state index contributed by atoms with van der Waals surface area (Å²) in [6.45, 7) is 8.05. The van der Waals surface area contributed by atoms with Crippen LogP contribution < -0.4 is 11.1 Å². The Balaban J connectivity index is 0.000000257. The molecular formula is C31H40Cl4N4O6. The van der Waals surface area contributed by atoms with Gasteiger partial charge in [-0.15, -0.1) is 0 Å². The van der Waals surface area contributed by atoms with Crippen molar-refractivity contribution >= 4 is 64.7 Å². The fourth-order valence-corrected chi connectivity index (χ4v) is 5.77. The Morgan fingerprint density at radius 1 is 0.733 bits per heavy atom. The molecule has 14 heteroatoms. The zero-order chi connectivity index (χ0) is 33.1. The number of hydrogen-bond donors (Lipinski definition) is 2. The highest BCUT2D eigenvalue weighted by Gasteiger charge is 2.26. The monoisotopic (exact) mass is 704 g/mol. The SMILES string of the molecule is CC(C)(C)OC(=O)NC1CCN(C(=O)OCc2cc(Cl)cc(Cl)c2)CC1.NC1CCN(C(=O)OCc2cc(Cl)cc(Cl)c2)CC1. The van der Waals surface area contributed by atoms with Crippen molar-refractivity contribution < 1.29 is 28.6 Å². The maximum Gasteiger partial charge on any atom is 0.410 e. The summed E-state index contributed by atoms with van der Waals surface area (Å²) < 4.78 is 15.8. The fourth-order valence-electron chi connectivity index (χ4n) is 4.62. The van der Waals surface area contributed by atoms with Crippen LogP contribution in [0.4, 0.5) is 14.4 Å². The lowest BCUT2D eigenvalue weighted by Gasteiger charge is -2.32. The molecule has 2 fully saturated rings. The van der Waals surface area contributed by atoms with Gasteiger partial charge in [-0.25, -0.2) is 14.4 Å². The predicted molar refractivity (Wildman–Crippen MR) is 176 cm³/mol. The van der Waals surface area contributed by atoms with Gasteiger partial charge in [-0.1, -0.05) is 46.4 Å². The highest BCUT2D eigenvalue weighted by molar-refractivity contribution is 6.35. The van der Waals surface area contributed by atoms with E-state index in [0.717, 1.165) is 24.0 Å². The number of halogens is 4. The van der Waals surface area contributed by atoms with E-state index < -0.39 is 17.8 Å². The Morgan fingerprint density at radius 3 is 1.49 bits per heavy atom. The number of ether oxygens (including phenoxy) is 3. The third-order valence-electron chi connectivity index (χ3n) is 6.84. The first-order valence-corrected chi connectivity index (χ1v) is 16.2. The second kappa shape index (κ2) is 17.3. The summed E-state index contributed by atoms with van der Waals surface area (Å²) in [5.41, 5.74) is 6.77. The number of piperidine rings is 2. The molecule has 248 valence electrons. The summed E-state index contributed by atoms with van der Waals surface area (Å²) in [6, 6.07) is 10.3. The second-order valence-electron chi connectivity index (χ2n) is 11.9. The first-order valence-electron chi connectivity index (χ1n) is 14.7. The molecule has 2 saturated heterocycles. The summed E-state index contributed by atoms with van der Waals surface area (Å²) in [5, 5.41) is 4.89. The number of nitrogens with one attached hydrogen (secondary N) is 1. The van der Waals surface area contributed by atoms with Crippen LogP contribution in [0.5, 0.6) is 0 Å². The number of carbonyl (C=O) groups excluding carboxylic acids is 3. The van der Waals surface area contributed by atoms with Gasteiger partial charge >= 0.3 is 18.3 Å². The summed E-state index contributed by atoms with van der Waals surface area (Å²) in [4.78, 5) is 39.1. The third kappa shape index (κ3) is 13.7. The molecule has 0 unspecified atom stereocenters. The van der Waals surface area contributed by atoms with Gasteiger partial charge in [0.1, 0.15) is 18.8 Å². The molecule has 3 N–H and O–H groups in total. The van der Waals surface area contributed by atoms with Gasteiger partial charge in [0.15, 0.2) is 0 Å². The molecule has 10 nitrogen and oxygen atoms in total.